The van der Waals surface area contributed by atoms with Crippen molar-refractivity contribution < 1.29 is 29.1 Å². The van der Waals surface area contributed by atoms with Gasteiger partial charge in [0.25, 0.3) is 11.8 Å². The van der Waals surface area contributed by atoms with Gasteiger partial charge in [0.2, 0.25) is 11.8 Å². The number of piperazine rings is 1. The Bertz CT molecular complexity index is 1070. The lowest BCUT2D eigenvalue weighted by Crippen LogP contribution is -2.54. The van der Waals surface area contributed by atoms with Crippen molar-refractivity contribution in [2.24, 2.45) is 5.92 Å². The Kier molecular flexibility index (Phi) is 6.18. The topological polar surface area (TPSA) is 131 Å². The maximum absolute atomic E-state index is 13.1. The molecule has 11 heteroatoms. The van der Waals surface area contributed by atoms with Crippen molar-refractivity contribution in [3.8, 4) is 0 Å². The number of benzene rings is 1. The Labute approximate surface area is 202 Å². The molecular formula is C24H29N5O6. The quantitative estimate of drug-likeness (QED) is 0.596. The molecular weight excluding hydrogens is 454 g/mol. The van der Waals surface area contributed by atoms with Crippen molar-refractivity contribution in [2.75, 3.05) is 50.7 Å². The van der Waals surface area contributed by atoms with Crippen LogP contribution < -0.4 is 10.2 Å². The molecule has 5 rings (SSSR count). The highest BCUT2D eigenvalue weighted by Gasteiger charge is 2.44. The van der Waals surface area contributed by atoms with Gasteiger partial charge in [0, 0.05) is 57.9 Å². The molecule has 1 aromatic rings. The van der Waals surface area contributed by atoms with Crippen molar-refractivity contribution in [3.05, 3.63) is 29.3 Å². The van der Waals surface area contributed by atoms with Crippen LogP contribution in [-0.4, -0.2) is 101 Å². The van der Waals surface area contributed by atoms with E-state index < -0.39 is 35.8 Å². The Morgan fingerprint density at radius 2 is 1.60 bits per heavy atom. The summed E-state index contributed by atoms with van der Waals surface area (Å²) in [5.41, 5.74) is 1.45. The first kappa shape index (κ1) is 23.3. The Morgan fingerprint density at radius 3 is 2.26 bits per heavy atom. The molecule has 0 aliphatic carbocycles. The number of piperidine rings is 2. The molecule has 4 heterocycles. The van der Waals surface area contributed by atoms with Crippen LogP contribution in [0.15, 0.2) is 18.2 Å². The molecule has 0 spiro atoms. The van der Waals surface area contributed by atoms with Crippen LogP contribution in [0.3, 0.4) is 0 Å². The normalized spacial score (nSPS) is 24.1. The van der Waals surface area contributed by atoms with E-state index in [-0.39, 0.29) is 18.4 Å². The number of carbonyl (C=O) groups is 5. The fourth-order valence-electron chi connectivity index (χ4n) is 5.52. The monoisotopic (exact) mass is 483 g/mol. The number of anilines is 1. The smallest absolute Gasteiger partial charge is 0.407 e. The number of likely N-dealkylation sites (tertiary alicyclic amines) is 1. The van der Waals surface area contributed by atoms with Crippen molar-refractivity contribution in [1.29, 1.82) is 0 Å². The third kappa shape index (κ3) is 4.47. The molecule has 4 aliphatic heterocycles. The van der Waals surface area contributed by atoms with Gasteiger partial charge in [0.05, 0.1) is 11.1 Å². The molecule has 35 heavy (non-hydrogen) atoms. The number of hydrogen-bond acceptors (Lipinski definition) is 7. The number of nitrogens with zero attached hydrogens (tertiary/aromatic N) is 4. The fourth-order valence-corrected chi connectivity index (χ4v) is 5.52. The summed E-state index contributed by atoms with van der Waals surface area (Å²) in [5, 5.41) is 11.3. The number of imide groups is 2. The summed E-state index contributed by atoms with van der Waals surface area (Å²) in [6.45, 7) is 5.45. The van der Waals surface area contributed by atoms with Gasteiger partial charge in [-0.25, -0.2) is 4.79 Å². The summed E-state index contributed by atoms with van der Waals surface area (Å²) in [4.78, 5) is 67.8. The Balaban J connectivity index is 1.19. The average Bonchev–Trinajstić information content (AvgIpc) is 3.09. The van der Waals surface area contributed by atoms with E-state index in [1.54, 1.807) is 12.1 Å². The first-order valence-electron chi connectivity index (χ1n) is 12.1. The summed E-state index contributed by atoms with van der Waals surface area (Å²) < 4.78 is 0. The second kappa shape index (κ2) is 9.29. The standard InChI is InChI=1S/C24H29N5O6/c30-20-4-3-19(21(31)25-20)29-22(32)17-2-1-16(13-18(17)23(29)33)27-11-9-26(10-12-27)14-15-5-7-28(8-6-15)24(34)35/h1-2,13,15,19H,3-12,14H2,(H,34,35)(H,25,30,31). The number of carboxylic acid groups (broad SMARTS) is 1. The molecule has 0 bridgehead atoms. The summed E-state index contributed by atoms with van der Waals surface area (Å²) in [5.74, 6) is -1.49. The first-order chi connectivity index (χ1) is 16.8. The molecule has 0 saturated carbocycles. The van der Waals surface area contributed by atoms with Gasteiger partial charge in [-0.15, -0.1) is 0 Å². The van der Waals surface area contributed by atoms with Gasteiger partial charge >= 0.3 is 6.09 Å². The zero-order valence-corrected chi connectivity index (χ0v) is 19.4. The molecule has 3 fully saturated rings. The third-order valence-electron chi connectivity index (χ3n) is 7.56. The molecule has 1 unspecified atom stereocenters. The van der Waals surface area contributed by atoms with E-state index in [4.69, 9.17) is 5.11 Å². The van der Waals surface area contributed by atoms with E-state index in [0.29, 0.717) is 24.6 Å². The van der Waals surface area contributed by atoms with Gasteiger partial charge in [-0.2, -0.15) is 0 Å². The van der Waals surface area contributed by atoms with E-state index in [1.807, 2.05) is 6.07 Å². The molecule has 3 saturated heterocycles. The number of nitrogens with one attached hydrogen (secondary N) is 1. The number of amides is 5. The van der Waals surface area contributed by atoms with Gasteiger partial charge in [-0.3, -0.25) is 34.3 Å². The second-order valence-corrected chi connectivity index (χ2v) is 9.68. The van der Waals surface area contributed by atoms with Crippen LogP contribution in [0.4, 0.5) is 10.5 Å². The molecule has 4 aliphatic rings. The molecule has 0 radical (unpaired) electrons. The van der Waals surface area contributed by atoms with Crippen LogP contribution in [0.5, 0.6) is 0 Å². The Hall–Kier alpha value is -3.47. The summed E-state index contributed by atoms with van der Waals surface area (Å²) in [6, 6.07) is 4.27. The van der Waals surface area contributed by atoms with Crippen LogP contribution in [0, 0.1) is 5.92 Å². The largest absolute Gasteiger partial charge is 0.465 e. The average molecular weight is 484 g/mol. The highest BCUT2D eigenvalue weighted by Crippen LogP contribution is 2.31. The van der Waals surface area contributed by atoms with Gasteiger partial charge in [-0.1, -0.05) is 0 Å². The number of hydrogen-bond donors (Lipinski definition) is 2. The van der Waals surface area contributed by atoms with Crippen LogP contribution in [-0.2, 0) is 9.59 Å². The molecule has 11 nitrogen and oxygen atoms in total. The molecule has 0 aromatic heterocycles. The maximum Gasteiger partial charge on any atom is 0.407 e. The lowest BCUT2D eigenvalue weighted by Gasteiger charge is -2.39. The minimum absolute atomic E-state index is 0.0952. The minimum Gasteiger partial charge on any atom is -0.465 e. The molecule has 5 amide bonds. The lowest BCUT2D eigenvalue weighted by atomic mass is 9.96. The summed E-state index contributed by atoms with van der Waals surface area (Å²) in [6.07, 6.45) is 1.17. The van der Waals surface area contributed by atoms with Crippen molar-refractivity contribution >= 4 is 35.4 Å². The first-order valence-corrected chi connectivity index (χ1v) is 12.1. The van der Waals surface area contributed by atoms with Crippen LogP contribution >= 0.6 is 0 Å². The molecule has 1 aromatic carbocycles. The van der Waals surface area contributed by atoms with Crippen LogP contribution in [0.1, 0.15) is 46.4 Å². The number of fused-ring (bicyclic) bond motifs is 1. The van der Waals surface area contributed by atoms with E-state index in [0.717, 1.165) is 56.2 Å². The fraction of sp³-hybridized carbons (Fsp3) is 0.542. The van der Waals surface area contributed by atoms with E-state index in [9.17, 15) is 24.0 Å². The van der Waals surface area contributed by atoms with E-state index >= 15 is 0 Å². The summed E-state index contributed by atoms with van der Waals surface area (Å²) in [7, 11) is 0. The number of rotatable bonds is 4. The molecule has 1 atom stereocenters. The van der Waals surface area contributed by atoms with Crippen molar-refractivity contribution in [1.82, 2.24) is 20.0 Å². The molecule has 2 N–H and O–H groups in total. The zero-order valence-electron chi connectivity index (χ0n) is 19.4. The van der Waals surface area contributed by atoms with E-state index in [1.165, 1.54) is 4.90 Å². The van der Waals surface area contributed by atoms with E-state index in [2.05, 4.69) is 15.1 Å². The zero-order chi connectivity index (χ0) is 24.7. The summed E-state index contributed by atoms with van der Waals surface area (Å²) >= 11 is 0. The molecule has 186 valence electrons. The van der Waals surface area contributed by atoms with Gasteiger partial charge in [0.15, 0.2) is 0 Å². The predicted molar refractivity (Wildman–Crippen MR) is 124 cm³/mol. The lowest BCUT2D eigenvalue weighted by molar-refractivity contribution is -0.136. The number of carbonyl (C=O) groups excluding carboxylic acids is 4. The third-order valence-corrected chi connectivity index (χ3v) is 7.56. The highest BCUT2D eigenvalue weighted by atomic mass is 16.4. The SMILES string of the molecule is O=C1CCC(N2C(=O)c3ccc(N4CCN(CC5CCN(C(=O)O)CC5)CC4)cc3C2=O)C(=O)N1. The van der Waals surface area contributed by atoms with Gasteiger partial charge in [0.1, 0.15) is 6.04 Å². The highest BCUT2D eigenvalue weighted by molar-refractivity contribution is 6.23. The van der Waals surface area contributed by atoms with Crippen molar-refractivity contribution in [2.45, 2.75) is 31.7 Å². The second-order valence-electron chi connectivity index (χ2n) is 9.68. The maximum atomic E-state index is 13.1. The van der Waals surface area contributed by atoms with Crippen molar-refractivity contribution in [3.63, 3.8) is 0 Å². The van der Waals surface area contributed by atoms with Gasteiger partial charge in [-0.05, 0) is 43.4 Å². The minimum atomic E-state index is -0.963. The van der Waals surface area contributed by atoms with Crippen LogP contribution in [0.2, 0.25) is 0 Å². The van der Waals surface area contributed by atoms with Crippen LogP contribution in [0.25, 0.3) is 0 Å². The van der Waals surface area contributed by atoms with Gasteiger partial charge < -0.3 is 14.9 Å². The Morgan fingerprint density at radius 1 is 0.914 bits per heavy atom. The predicted octanol–water partition coefficient (Wildman–Crippen LogP) is 0.600.